The van der Waals surface area contributed by atoms with Crippen molar-refractivity contribution in [2.24, 2.45) is 0 Å². The van der Waals surface area contributed by atoms with Crippen LogP contribution in [0.25, 0.3) is 0 Å². The van der Waals surface area contributed by atoms with Crippen molar-refractivity contribution in [1.29, 1.82) is 5.26 Å². The molecule has 0 aromatic heterocycles. The summed E-state index contributed by atoms with van der Waals surface area (Å²) in [5.41, 5.74) is 0.115. The minimum absolute atomic E-state index is 0.0372. The first kappa shape index (κ1) is 15.8. The number of ether oxygens (including phenoxy) is 1. The van der Waals surface area contributed by atoms with Gasteiger partial charge in [-0.1, -0.05) is 13.0 Å². The Balaban J connectivity index is 2.03. The fraction of sp³-hybridized carbons (Fsp3) is 0.588. The predicted molar refractivity (Wildman–Crippen MR) is 80.7 cm³/mol. The number of hydrogen-bond acceptors (Lipinski definition) is 3. The van der Waals surface area contributed by atoms with Crippen molar-refractivity contribution < 1.29 is 9.13 Å². The average molecular weight is 290 g/mol. The Morgan fingerprint density at radius 3 is 3.00 bits per heavy atom. The number of halogens is 1. The van der Waals surface area contributed by atoms with Gasteiger partial charge in [0.25, 0.3) is 0 Å². The molecule has 2 atom stereocenters. The lowest BCUT2D eigenvalue weighted by molar-refractivity contribution is 0.112. The number of hydrogen-bond donors (Lipinski definition) is 1. The molecule has 0 spiro atoms. The summed E-state index contributed by atoms with van der Waals surface area (Å²) in [6.45, 7) is 4.65. The molecule has 1 N–H and O–H groups in total. The van der Waals surface area contributed by atoms with Gasteiger partial charge in [0.15, 0.2) is 0 Å². The highest BCUT2D eigenvalue weighted by atomic mass is 19.1. The molecule has 1 aromatic rings. The number of benzene rings is 1. The molecule has 1 saturated carbocycles. The lowest BCUT2D eigenvalue weighted by Gasteiger charge is -2.36. The van der Waals surface area contributed by atoms with E-state index in [1.807, 2.05) is 0 Å². The maximum atomic E-state index is 13.6. The summed E-state index contributed by atoms with van der Waals surface area (Å²) in [5.74, 6) is 0.297. The average Bonchev–Trinajstić information content (AvgIpc) is 2.49. The number of aryl methyl sites for hydroxylation is 1. The second-order valence-corrected chi connectivity index (χ2v) is 5.87. The van der Waals surface area contributed by atoms with Crippen molar-refractivity contribution in [3.8, 4) is 11.8 Å². The highest BCUT2D eigenvalue weighted by Gasteiger charge is 2.37. The molecular weight excluding hydrogens is 267 g/mol. The Kier molecular flexibility index (Phi) is 5.19. The van der Waals surface area contributed by atoms with Crippen molar-refractivity contribution in [2.45, 2.75) is 57.6 Å². The van der Waals surface area contributed by atoms with Gasteiger partial charge in [-0.15, -0.1) is 0 Å². The Labute approximate surface area is 126 Å². The molecule has 21 heavy (non-hydrogen) atoms. The van der Waals surface area contributed by atoms with Gasteiger partial charge in [-0.3, -0.25) is 5.32 Å². The molecule has 1 aliphatic carbocycles. The third-order valence-electron chi connectivity index (χ3n) is 4.08. The van der Waals surface area contributed by atoms with Crippen LogP contribution in [0.1, 0.15) is 44.6 Å². The van der Waals surface area contributed by atoms with E-state index in [1.165, 1.54) is 6.07 Å². The van der Waals surface area contributed by atoms with Crippen molar-refractivity contribution in [3.63, 3.8) is 0 Å². The van der Waals surface area contributed by atoms with Crippen LogP contribution in [0.3, 0.4) is 0 Å². The van der Waals surface area contributed by atoms with Gasteiger partial charge in [-0.25, -0.2) is 4.39 Å². The summed E-state index contributed by atoms with van der Waals surface area (Å²) < 4.78 is 19.5. The Morgan fingerprint density at radius 2 is 2.33 bits per heavy atom. The molecule has 0 heterocycles. The number of nitriles is 1. The van der Waals surface area contributed by atoms with Crippen LogP contribution in [-0.2, 0) is 0 Å². The number of rotatable bonds is 5. The Morgan fingerprint density at radius 1 is 1.52 bits per heavy atom. The quantitative estimate of drug-likeness (QED) is 0.899. The molecule has 4 heteroatoms. The zero-order valence-corrected chi connectivity index (χ0v) is 12.8. The van der Waals surface area contributed by atoms with E-state index in [-0.39, 0.29) is 11.9 Å². The first-order chi connectivity index (χ1) is 10.1. The van der Waals surface area contributed by atoms with E-state index in [0.29, 0.717) is 17.7 Å². The first-order valence-electron chi connectivity index (χ1n) is 7.67. The van der Waals surface area contributed by atoms with Crippen LogP contribution in [0.15, 0.2) is 18.2 Å². The highest BCUT2D eigenvalue weighted by Crippen LogP contribution is 2.31. The lowest BCUT2D eigenvalue weighted by Crippen LogP contribution is -2.50. The smallest absolute Gasteiger partial charge is 0.129 e. The van der Waals surface area contributed by atoms with Crippen molar-refractivity contribution in [2.75, 3.05) is 6.54 Å². The molecule has 2 unspecified atom stereocenters. The summed E-state index contributed by atoms with van der Waals surface area (Å²) in [6, 6.07) is 7.37. The van der Waals surface area contributed by atoms with Crippen LogP contribution in [0, 0.1) is 24.1 Å². The largest absolute Gasteiger partial charge is 0.490 e. The topological polar surface area (TPSA) is 45.0 Å². The van der Waals surface area contributed by atoms with Gasteiger partial charge in [0.2, 0.25) is 0 Å². The second-order valence-electron chi connectivity index (χ2n) is 5.87. The summed E-state index contributed by atoms with van der Waals surface area (Å²) in [7, 11) is 0. The van der Waals surface area contributed by atoms with Crippen LogP contribution in [0.2, 0.25) is 0 Å². The van der Waals surface area contributed by atoms with Crippen LogP contribution >= 0.6 is 0 Å². The third kappa shape index (κ3) is 3.95. The van der Waals surface area contributed by atoms with Crippen LogP contribution in [0.5, 0.6) is 5.75 Å². The summed E-state index contributed by atoms with van der Waals surface area (Å²) in [6.07, 6.45) is 4.32. The molecule has 0 amide bonds. The molecule has 0 saturated heterocycles. The minimum atomic E-state index is -0.498. The molecule has 1 aromatic carbocycles. The normalized spacial score (nSPS) is 25.3. The van der Waals surface area contributed by atoms with Crippen molar-refractivity contribution in [1.82, 2.24) is 5.32 Å². The maximum absolute atomic E-state index is 13.6. The van der Waals surface area contributed by atoms with E-state index in [9.17, 15) is 9.65 Å². The van der Waals surface area contributed by atoms with Crippen LogP contribution in [-0.4, -0.2) is 18.2 Å². The Bertz CT molecular complexity index is 526. The van der Waals surface area contributed by atoms with Gasteiger partial charge in [0.1, 0.15) is 23.2 Å². The highest BCUT2D eigenvalue weighted by molar-refractivity contribution is 5.28. The molecule has 1 aliphatic rings. The molecule has 1 fully saturated rings. The molecule has 0 radical (unpaired) electrons. The second kappa shape index (κ2) is 6.91. The lowest BCUT2D eigenvalue weighted by atomic mass is 9.81. The van der Waals surface area contributed by atoms with E-state index in [0.717, 1.165) is 32.2 Å². The van der Waals surface area contributed by atoms with E-state index in [1.54, 1.807) is 19.1 Å². The van der Waals surface area contributed by atoms with Crippen molar-refractivity contribution in [3.05, 3.63) is 29.6 Å². The summed E-state index contributed by atoms with van der Waals surface area (Å²) >= 11 is 0. The van der Waals surface area contributed by atoms with Gasteiger partial charge in [0, 0.05) is 12.5 Å². The monoisotopic (exact) mass is 290 g/mol. The molecule has 2 rings (SSSR count). The first-order valence-corrected chi connectivity index (χ1v) is 7.67. The van der Waals surface area contributed by atoms with Crippen molar-refractivity contribution >= 4 is 0 Å². The standard InChI is InChI=1S/C17H23FN2O/c1-3-9-20-17(12-19)8-4-5-15(11-17)21-14-7-6-13(2)16(18)10-14/h6-7,10,15,20H,3-5,8-9,11H2,1-2H3. The number of nitrogens with one attached hydrogen (secondary N) is 1. The third-order valence-corrected chi connectivity index (χ3v) is 4.08. The molecule has 0 aliphatic heterocycles. The molecule has 3 nitrogen and oxygen atoms in total. The molecule has 0 bridgehead atoms. The van der Waals surface area contributed by atoms with Gasteiger partial charge in [0.05, 0.1) is 6.07 Å². The van der Waals surface area contributed by atoms with E-state index >= 15 is 0 Å². The molecule has 114 valence electrons. The fourth-order valence-electron chi connectivity index (χ4n) is 2.83. The van der Waals surface area contributed by atoms with E-state index in [4.69, 9.17) is 4.74 Å². The summed E-state index contributed by atoms with van der Waals surface area (Å²) in [5, 5.41) is 12.9. The van der Waals surface area contributed by atoms with E-state index in [2.05, 4.69) is 18.3 Å². The zero-order chi connectivity index (χ0) is 15.3. The fourth-order valence-corrected chi connectivity index (χ4v) is 2.83. The van der Waals surface area contributed by atoms with Gasteiger partial charge in [-0.2, -0.15) is 5.26 Å². The Hall–Kier alpha value is -1.60. The number of nitrogens with zero attached hydrogens (tertiary/aromatic N) is 1. The van der Waals surface area contributed by atoms with Gasteiger partial charge < -0.3 is 4.74 Å². The van der Waals surface area contributed by atoms with E-state index < -0.39 is 5.54 Å². The maximum Gasteiger partial charge on any atom is 0.129 e. The van der Waals surface area contributed by atoms with Crippen LogP contribution < -0.4 is 10.1 Å². The predicted octanol–water partition coefficient (Wildman–Crippen LogP) is 3.72. The van der Waals surface area contributed by atoms with Crippen LogP contribution in [0.4, 0.5) is 4.39 Å². The molecular formula is C17H23FN2O. The zero-order valence-electron chi connectivity index (χ0n) is 12.8. The van der Waals surface area contributed by atoms with Gasteiger partial charge >= 0.3 is 0 Å². The summed E-state index contributed by atoms with van der Waals surface area (Å²) in [4.78, 5) is 0. The minimum Gasteiger partial charge on any atom is -0.490 e. The van der Waals surface area contributed by atoms with Gasteiger partial charge in [-0.05, 0) is 50.8 Å². The SMILES string of the molecule is CCCNC1(C#N)CCCC(Oc2ccc(C)c(F)c2)C1.